The fourth-order valence-electron chi connectivity index (χ4n) is 1.69. The van der Waals surface area contributed by atoms with Crippen LogP contribution in [0.4, 0.5) is 0 Å². The van der Waals surface area contributed by atoms with Crippen LogP contribution in [0, 0.1) is 5.92 Å². The van der Waals surface area contributed by atoms with Gasteiger partial charge in [-0.2, -0.15) is 4.31 Å². The highest BCUT2D eigenvalue weighted by molar-refractivity contribution is 7.89. The van der Waals surface area contributed by atoms with Gasteiger partial charge >= 0.3 is 0 Å². The van der Waals surface area contributed by atoms with Crippen LogP contribution in [0.2, 0.25) is 0 Å². The second-order valence-electron chi connectivity index (χ2n) is 4.65. The standard InChI is InChI=1S/C10H21NO3S/c1-9(2)5-7-15(13,14)11-6-3-4-10(12)8-11/h9-10,12H,3-8H2,1-2H3/t10-/m0/s1. The first-order chi connectivity index (χ1) is 6.92. The van der Waals surface area contributed by atoms with Gasteiger partial charge in [0.1, 0.15) is 0 Å². The van der Waals surface area contributed by atoms with E-state index >= 15 is 0 Å². The summed E-state index contributed by atoms with van der Waals surface area (Å²) >= 11 is 0. The molecule has 5 heteroatoms. The molecule has 0 bridgehead atoms. The maximum atomic E-state index is 11.9. The van der Waals surface area contributed by atoms with Crippen molar-refractivity contribution in [3.05, 3.63) is 0 Å². The molecule has 1 aliphatic rings. The van der Waals surface area contributed by atoms with Crippen LogP contribution in [0.3, 0.4) is 0 Å². The van der Waals surface area contributed by atoms with Gasteiger partial charge in [-0.15, -0.1) is 0 Å². The highest BCUT2D eigenvalue weighted by Gasteiger charge is 2.27. The number of aliphatic hydroxyl groups excluding tert-OH is 1. The first kappa shape index (κ1) is 12.9. The zero-order valence-corrected chi connectivity index (χ0v) is 10.3. The summed E-state index contributed by atoms with van der Waals surface area (Å²) in [5, 5.41) is 9.41. The second-order valence-corrected chi connectivity index (χ2v) is 6.74. The normalized spacial score (nSPS) is 24.7. The van der Waals surface area contributed by atoms with Crippen molar-refractivity contribution < 1.29 is 13.5 Å². The van der Waals surface area contributed by atoms with Gasteiger partial charge in [0.25, 0.3) is 0 Å². The monoisotopic (exact) mass is 235 g/mol. The Hall–Kier alpha value is -0.130. The quantitative estimate of drug-likeness (QED) is 0.785. The lowest BCUT2D eigenvalue weighted by Crippen LogP contribution is -2.43. The Morgan fingerprint density at radius 3 is 2.67 bits per heavy atom. The maximum Gasteiger partial charge on any atom is 0.214 e. The molecule has 1 fully saturated rings. The van der Waals surface area contributed by atoms with E-state index in [-0.39, 0.29) is 12.3 Å². The molecule has 1 saturated heterocycles. The third-order valence-corrected chi connectivity index (χ3v) is 4.58. The molecule has 0 radical (unpaired) electrons. The molecule has 15 heavy (non-hydrogen) atoms. The Morgan fingerprint density at radius 2 is 2.13 bits per heavy atom. The molecule has 1 aliphatic heterocycles. The van der Waals surface area contributed by atoms with E-state index in [1.165, 1.54) is 4.31 Å². The van der Waals surface area contributed by atoms with Gasteiger partial charge in [0.15, 0.2) is 0 Å². The van der Waals surface area contributed by atoms with Gasteiger partial charge in [0.2, 0.25) is 10.0 Å². The van der Waals surface area contributed by atoms with Crippen molar-refractivity contribution in [1.82, 2.24) is 4.31 Å². The van der Waals surface area contributed by atoms with E-state index in [4.69, 9.17) is 0 Å². The number of piperidine rings is 1. The third-order valence-electron chi connectivity index (χ3n) is 2.71. The highest BCUT2D eigenvalue weighted by atomic mass is 32.2. The molecule has 0 saturated carbocycles. The van der Waals surface area contributed by atoms with E-state index in [0.717, 1.165) is 12.8 Å². The van der Waals surface area contributed by atoms with Crippen LogP contribution in [0.25, 0.3) is 0 Å². The second kappa shape index (κ2) is 5.27. The summed E-state index contributed by atoms with van der Waals surface area (Å²) in [4.78, 5) is 0. The predicted octanol–water partition coefficient (Wildman–Crippen LogP) is 0.819. The molecule has 1 atom stereocenters. The number of β-amino-alcohol motifs (C(OH)–C–C–N with tert-alkyl or cyclic N) is 1. The van der Waals surface area contributed by atoms with Crippen molar-refractivity contribution in [1.29, 1.82) is 0 Å². The molecule has 0 aromatic carbocycles. The Bertz CT molecular complexity index is 287. The Morgan fingerprint density at radius 1 is 1.47 bits per heavy atom. The van der Waals surface area contributed by atoms with Crippen molar-refractivity contribution in [2.75, 3.05) is 18.8 Å². The highest BCUT2D eigenvalue weighted by Crippen LogP contribution is 2.15. The Kier molecular flexibility index (Phi) is 4.55. The van der Waals surface area contributed by atoms with Gasteiger partial charge in [-0.25, -0.2) is 8.42 Å². The van der Waals surface area contributed by atoms with E-state index in [0.29, 0.717) is 18.9 Å². The minimum atomic E-state index is -3.14. The predicted molar refractivity (Wildman–Crippen MR) is 60.1 cm³/mol. The van der Waals surface area contributed by atoms with Gasteiger partial charge in [-0.1, -0.05) is 13.8 Å². The molecule has 0 spiro atoms. The van der Waals surface area contributed by atoms with E-state index in [9.17, 15) is 13.5 Å². The summed E-state index contributed by atoms with van der Waals surface area (Å²) in [5.41, 5.74) is 0. The largest absolute Gasteiger partial charge is 0.392 e. The third kappa shape index (κ3) is 4.09. The van der Waals surface area contributed by atoms with Crippen LogP contribution < -0.4 is 0 Å². The SMILES string of the molecule is CC(C)CCS(=O)(=O)N1CCC[C@H](O)C1. The number of hydrogen-bond acceptors (Lipinski definition) is 3. The summed E-state index contributed by atoms with van der Waals surface area (Å²) < 4.78 is 25.1. The molecule has 0 aromatic rings. The molecule has 0 amide bonds. The first-order valence-electron chi connectivity index (χ1n) is 5.57. The number of aliphatic hydroxyl groups is 1. The lowest BCUT2D eigenvalue weighted by atomic mass is 10.1. The number of rotatable bonds is 4. The van der Waals surface area contributed by atoms with Gasteiger partial charge in [0.05, 0.1) is 11.9 Å². The molecular weight excluding hydrogens is 214 g/mol. The Balaban J connectivity index is 2.52. The van der Waals surface area contributed by atoms with Gasteiger partial charge in [0, 0.05) is 13.1 Å². The Labute approximate surface area is 92.3 Å². The topological polar surface area (TPSA) is 57.6 Å². The van der Waals surface area contributed by atoms with Crippen molar-refractivity contribution in [3.63, 3.8) is 0 Å². The summed E-state index contributed by atoms with van der Waals surface area (Å²) in [7, 11) is -3.14. The smallest absolute Gasteiger partial charge is 0.214 e. The van der Waals surface area contributed by atoms with E-state index in [2.05, 4.69) is 0 Å². The zero-order chi connectivity index (χ0) is 11.5. The zero-order valence-electron chi connectivity index (χ0n) is 9.52. The summed E-state index contributed by atoms with van der Waals surface area (Å²) in [6, 6.07) is 0. The molecule has 90 valence electrons. The van der Waals surface area contributed by atoms with Crippen LogP contribution in [0.5, 0.6) is 0 Å². The summed E-state index contributed by atoms with van der Waals surface area (Å²) in [6.45, 7) is 4.87. The minimum Gasteiger partial charge on any atom is -0.392 e. The van der Waals surface area contributed by atoms with Gasteiger partial charge in [-0.05, 0) is 25.2 Å². The molecular formula is C10H21NO3S. The molecule has 1 N–H and O–H groups in total. The molecule has 0 unspecified atom stereocenters. The van der Waals surface area contributed by atoms with Crippen molar-refractivity contribution in [2.45, 2.75) is 39.2 Å². The first-order valence-corrected chi connectivity index (χ1v) is 7.18. The average Bonchev–Trinajstić information content (AvgIpc) is 2.15. The van der Waals surface area contributed by atoms with Gasteiger partial charge < -0.3 is 5.11 Å². The fraction of sp³-hybridized carbons (Fsp3) is 1.00. The lowest BCUT2D eigenvalue weighted by molar-refractivity contribution is 0.108. The lowest BCUT2D eigenvalue weighted by Gasteiger charge is -2.29. The summed E-state index contributed by atoms with van der Waals surface area (Å²) in [6.07, 6.45) is 1.69. The van der Waals surface area contributed by atoms with E-state index in [1.807, 2.05) is 13.8 Å². The average molecular weight is 235 g/mol. The fourth-order valence-corrected chi connectivity index (χ4v) is 3.52. The van der Waals surface area contributed by atoms with Crippen LogP contribution >= 0.6 is 0 Å². The van der Waals surface area contributed by atoms with Crippen molar-refractivity contribution >= 4 is 10.0 Å². The van der Waals surface area contributed by atoms with Gasteiger partial charge in [-0.3, -0.25) is 0 Å². The molecule has 0 aliphatic carbocycles. The number of nitrogens with zero attached hydrogens (tertiary/aromatic N) is 1. The number of sulfonamides is 1. The van der Waals surface area contributed by atoms with Crippen molar-refractivity contribution in [3.8, 4) is 0 Å². The minimum absolute atomic E-state index is 0.206. The van der Waals surface area contributed by atoms with E-state index < -0.39 is 16.1 Å². The number of hydrogen-bond donors (Lipinski definition) is 1. The van der Waals surface area contributed by atoms with E-state index in [1.54, 1.807) is 0 Å². The molecule has 1 heterocycles. The van der Waals surface area contributed by atoms with Crippen LogP contribution in [0.15, 0.2) is 0 Å². The molecule has 0 aromatic heterocycles. The van der Waals surface area contributed by atoms with Crippen LogP contribution in [-0.4, -0.2) is 42.8 Å². The van der Waals surface area contributed by atoms with Crippen molar-refractivity contribution in [2.24, 2.45) is 5.92 Å². The molecule has 4 nitrogen and oxygen atoms in total. The van der Waals surface area contributed by atoms with Crippen LogP contribution in [-0.2, 0) is 10.0 Å². The maximum absolute atomic E-state index is 11.9. The van der Waals surface area contributed by atoms with Crippen LogP contribution in [0.1, 0.15) is 33.1 Å². The summed E-state index contributed by atoms with van der Waals surface area (Å²) in [5.74, 6) is 0.603. The molecule has 1 rings (SSSR count).